The number of aromatic nitrogens is 1. The van der Waals surface area contributed by atoms with Crippen molar-refractivity contribution in [1.29, 1.82) is 0 Å². The second-order valence-corrected chi connectivity index (χ2v) is 4.26. The van der Waals surface area contributed by atoms with E-state index in [2.05, 4.69) is 15.6 Å². The molecular weight excluding hydrogens is 236 g/mol. The molecular formula is C11H12N4O3. The summed E-state index contributed by atoms with van der Waals surface area (Å²) in [6.07, 6.45) is 1.01. The quantitative estimate of drug-likeness (QED) is 0.631. The maximum Gasteiger partial charge on any atom is 0.295 e. The average Bonchev–Trinajstić information content (AvgIpc) is 2.96. The van der Waals surface area contributed by atoms with Gasteiger partial charge in [-0.05, 0) is 19.0 Å². The lowest BCUT2D eigenvalue weighted by Gasteiger charge is -2.07. The van der Waals surface area contributed by atoms with E-state index in [4.69, 9.17) is 4.42 Å². The van der Waals surface area contributed by atoms with E-state index in [0.717, 1.165) is 19.5 Å². The molecule has 0 saturated carbocycles. The lowest BCUT2D eigenvalue weighted by molar-refractivity contribution is -0.384. The Labute approximate surface area is 102 Å². The number of nitrogens with zero attached hydrogens (tertiary/aromatic N) is 2. The summed E-state index contributed by atoms with van der Waals surface area (Å²) < 4.78 is 5.49. The number of non-ortho nitro benzene ring substituents is 1. The van der Waals surface area contributed by atoms with Crippen molar-refractivity contribution in [1.82, 2.24) is 10.3 Å². The summed E-state index contributed by atoms with van der Waals surface area (Å²) in [6.45, 7) is 1.85. The maximum atomic E-state index is 10.7. The van der Waals surface area contributed by atoms with E-state index in [1.807, 2.05) is 0 Å². The molecule has 94 valence electrons. The monoisotopic (exact) mass is 248 g/mol. The van der Waals surface area contributed by atoms with E-state index in [0.29, 0.717) is 23.2 Å². The van der Waals surface area contributed by atoms with E-state index in [1.54, 1.807) is 6.07 Å². The molecule has 1 aromatic heterocycles. The van der Waals surface area contributed by atoms with Crippen LogP contribution in [0, 0.1) is 10.1 Å². The van der Waals surface area contributed by atoms with Gasteiger partial charge in [-0.15, -0.1) is 0 Å². The van der Waals surface area contributed by atoms with Gasteiger partial charge in [0.05, 0.1) is 4.92 Å². The number of hydrogen-bond acceptors (Lipinski definition) is 6. The van der Waals surface area contributed by atoms with Crippen molar-refractivity contribution >= 4 is 22.8 Å². The van der Waals surface area contributed by atoms with Crippen LogP contribution in [0.4, 0.5) is 11.7 Å². The van der Waals surface area contributed by atoms with E-state index in [9.17, 15) is 10.1 Å². The summed E-state index contributed by atoms with van der Waals surface area (Å²) in [5.74, 6) is 0. The first kappa shape index (κ1) is 11.0. The summed E-state index contributed by atoms with van der Waals surface area (Å²) >= 11 is 0. The van der Waals surface area contributed by atoms with Crippen LogP contribution >= 0.6 is 0 Å². The number of benzene rings is 1. The Bertz CT molecular complexity index is 589. The maximum absolute atomic E-state index is 10.7. The molecule has 0 bridgehead atoms. The first-order valence-electron chi connectivity index (χ1n) is 5.74. The Balaban J connectivity index is 1.87. The number of nitrogens with one attached hydrogen (secondary N) is 2. The predicted molar refractivity (Wildman–Crippen MR) is 65.6 cm³/mol. The number of fused-ring (bicyclic) bond motifs is 1. The molecule has 3 rings (SSSR count). The van der Waals surface area contributed by atoms with Crippen LogP contribution in [0.1, 0.15) is 6.42 Å². The highest BCUT2D eigenvalue weighted by Crippen LogP contribution is 2.24. The smallest absolute Gasteiger partial charge is 0.295 e. The van der Waals surface area contributed by atoms with Gasteiger partial charge in [0.2, 0.25) is 0 Å². The number of anilines is 1. The summed E-state index contributed by atoms with van der Waals surface area (Å²) in [4.78, 5) is 14.4. The van der Waals surface area contributed by atoms with E-state index in [1.165, 1.54) is 12.1 Å². The van der Waals surface area contributed by atoms with Crippen LogP contribution in [-0.2, 0) is 0 Å². The molecule has 0 unspecified atom stereocenters. The van der Waals surface area contributed by atoms with Crippen molar-refractivity contribution in [3.63, 3.8) is 0 Å². The summed E-state index contributed by atoms with van der Waals surface area (Å²) in [7, 11) is 0. The highest BCUT2D eigenvalue weighted by atomic mass is 16.6. The van der Waals surface area contributed by atoms with Crippen LogP contribution in [-0.4, -0.2) is 29.0 Å². The fourth-order valence-corrected chi connectivity index (χ4v) is 2.04. The molecule has 7 heteroatoms. The highest BCUT2D eigenvalue weighted by Gasteiger charge is 2.17. The minimum atomic E-state index is -0.442. The lowest BCUT2D eigenvalue weighted by Crippen LogP contribution is -2.22. The van der Waals surface area contributed by atoms with E-state index in [-0.39, 0.29) is 5.69 Å². The van der Waals surface area contributed by atoms with Gasteiger partial charge in [-0.3, -0.25) is 10.1 Å². The van der Waals surface area contributed by atoms with Gasteiger partial charge < -0.3 is 15.1 Å². The van der Waals surface area contributed by atoms with Gasteiger partial charge in [-0.2, -0.15) is 4.98 Å². The predicted octanol–water partition coefficient (Wildman–Crippen LogP) is 1.51. The average molecular weight is 248 g/mol. The van der Waals surface area contributed by atoms with Crippen LogP contribution in [0.25, 0.3) is 11.1 Å². The van der Waals surface area contributed by atoms with Crippen LogP contribution in [0.5, 0.6) is 0 Å². The van der Waals surface area contributed by atoms with Crippen molar-refractivity contribution in [2.75, 3.05) is 18.4 Å². The molecule has 2 aromatic rings. The molecule has 0 aliphatic carbocycles. The molecule has 1 fully saturated rings. The lowest BCUT2D eigenvalue weighted by atomic mass is 10.3. The Morgan fingerprint density at radius 1 is 1.56 bits per heavy atom. The summed E-state index contributed by atoms with van der Waals surface area (Å²) in [5, 5.41) is 17.1. The Morgan fingerprint density at radius 3 is 3.17 bits per heavy atom. The molecule has 1 atom stereocenters. The van der Waals surface area contributed by atoms with Crippen LogP contribution < -0.4 is 10.6 Å². The normalized spacial score (nSPS) is 19.2. The van der Waals surface area contributed by atoms with Gasteiger partial charge in [0.1, 0.15) is 5.52 Å². The van der Waals surface area contributed by atoms with E-state index < -0.39 is 4.92 Å². The molecule has 0 amide bonds. The van der Waals surface area contributed by atoms with Gasteiger partial charge in [0, 0.05) is 24.7 Å². The SMILES string of the molecule is O=[N+]([O-])c1ccc2oc(N[C@@H]3CCNC3)nc2c1. The molecule has 1 saturated heterocycles. The second-order valence-electron chi connectivity index (χ2n) is 4.26. The fourth-order valence-electron chi connectivity index (χ4n) is 2.04. The van der Waals surface area contributed by atoms with Gasteiger partial charge in [0.15, 0.2) is 5.58 Å². The molecule has 0 spiro atoms. The minimum Gasteiger partial charge on any atom is -0.424 e. The molecule has 2 N–H and O–H groups in total. The zero-order valence-corrected chi connectivity index (χ0v) is 9.55. The molecule has 18 heavy (non-hydrogen) atoms. The zero-order chi connectivity index (χ0) is 12.5. The Morgan fingerprint density at radius 2 is 2.44 bits per heavy atom. The number of nitro benzene ring substituents is 1. The van der Waals surface area contributed by atoms with E-state index >= 15 is 0 Å². The number of oxazole rings is 1. The molecule has 7 nitrogen and oxygen atoms in total. The third-order valence-corrected chi connectivity index (χ3v) is 2.97. The standard InChI is InChI=1S/C11H12N4O3/c16-15(17)8-1-2-10-9(5-8)14-11(18-10)13-7-3-4-12-6-7/h1-2,5,7,12H,3-4,6H2,(H,13,14)/t7-/m1/s1. The van der Waals surface area contributed by atoms with Crippen LogP contribution in [0.2, 0.25) is 0 Å². The van der Waals surface area contributed by atoms with Gasteiger partial charge in [0.25, 0.3) is 11.7 Å². The second kappa shape index (κ2) is 4.26. The molecule has 2 heterocycles. The third kappa shape index (κ3) is 2.00. The fraction of sp³-hybridized carbons (Fsp3) is 0.364. The summed E-state index contributed by atoms with van der Waals surface area (Å²) in [5.41, 5.74) is 1.07. The van der Waals surface area contributed by atoms with Crippen molar-refractivity contribution < 1.29 is 9.34 Å². The topological polar surface area (TPSA) is 93.2 Å². The highest BCUT2D eigenvalue weighted by molar-refractivity contribution is 5.77. The Hall–Kier alpha value is -2.15. The van der Waals surface area contributed by atoms with Crippen molar-refractivity contribution in [3.8, 4) is 0 Å². The molecule has 1 aromatic carbocycles. The first-order valence-corrected chi connectivity index (χ1v) is 5.74. The zero-order valence-electron chi connectivity index (χ0n) is 9.55. The number of hydrogen-bond donors (Lipinski definition) is 2. The van der Waals surface area contributed by atoms with Gasteiger partial charge in [-0.25, -0.2) is 0 Å². The van der Waals surface area contributed by atoms with Crippen LogP contribution in [0.15, 0.2) is 22.6 Å². The minimum absolute atomic E-state index is 0.0184. The summed E-state index contributed by atoms with van der Waals surface area (Å²) in [6, 6.07) is 5.11. The number of rotatable bonds is 3. The van der Waals surface area contributed by atoms with Gasteiger partial charge >= 0.3 is 0 Å². The third-order valence-electron chi connectivity index (χ3n) is 2.97. The Kier molecular flexibility index (Phi) is 2.60. The largest absolute Gasteiger partial charge is 0.424 e. The molecule has 1 aliphatic heterocycles. The molecule has 1 aliphatic rings. The van der Waals surface area contributed by atoms with Crippen molar-refractivity contribution in [2.45, 2.75) is 12.5 Å². The number of nitro groups is 1. The van der Waals surface area contributed by atoms with Crippen molar-refractivity contribution in [3.05, 3.63) is 28.3 Å². The molecule has 0 radical (unpaired) electrons. The van der Waals surface area contributed by atoms with Gasteiger partial charge in [-0.1, -0.05) is 0 Å². The first-order chi connectivity index (χ1) is 8.72. The van der Waals surface area contributed by atoms with Crippen LogP contribution in [0.3, 0.4) is 0 Å². The van der Waals surface area contributed by atoms with Crippen molar-refractivity contribution in [2.24, 2.45) is 0 Å².